The number of nitrogens with zero attached hydrogens (tertiary/aromatic N) is 7. The van der Waals surface area contributed by atoms with Crippen LogP contribution in [-0.4, -0.2) is 64.8 Å². The van der Waals surface area contributed by atoms with Crippen molar-refractivity contribution in [1.82, 2.24) is 40.8 Å². The molecule has 0 radical (unpaired) electrons. The Morgan fingerprint density at radius 1 is 0.579 bits per heavy atom. The van der Waals surface area contributed by atoms with Crippen molar-refractivity contribution in [1.29, 1.82) is 10.5 Å². The van der Waals surface area contributed by atoms with Gasteiger partial charge in [-0.05, 0) is 160 Å². The molecule has 95 heavy (non-hydrogen) atoms. The summed E-state index contributed by atoms with van der Waals surface area (Å²) in [5, 5.41) is 56.2. The highest BCUT2D eigenvalue weighted by atomic mass is 79.9. The summed E-state index contributed by atoms with van der Waals surface area (Å²) >= 11 is 40.5. The van der Waals surface area contributed by atoms with Gasteiger partial charge < -0.3 is 14.6 Å². The van der Waals surface area contributed by atoms with E-state index in [0.717, 1.165) is 134 Å². The van der Waals surface area contributed by atoms with E-state index in [4.69, 9.17) is 43.0 Å². The van der Waals surface area contributed by atoms with E-state index in [0.29, 0.717) is 60.1 Å². The van der Waals surface area contributed by atoms with Crippen LogP contribution in [-0.2, 0) is 58.9 Å². The van der Waals surface area contributed by atoms with E-state index in [2.05, 4.69) is 180 Å². The highest BCUT2D eigenvalue weighted by Gasteiger charge is 2.25. The second-order valence-electron chi connectivity index (χ2n) is 23.4. The number of aromatic amines is 3. The van der Waals surface area contributed by atoms with E-state index < -0.39 is 11.9 Å². The lowest BCUT2D eigenvalue weighted by atomic mass is 9.94. The molecule has 5 heterocycles. The maximum Gasteiger partial charge on any atom is 0.307 e. The van der Waals surface area contributed by atoms with Gasteiger partial charge in [-0.1, -0.05) is 194 Å². The maximum atomic E-state index is 11.8. The summed E-state index contributed by atoms with van der Waals surface area (Å²) in [5.41, 5.74) is 13.1. The third-order valence-electron chi connectivity index (χ3n) is 14.8. The quantitative estimate of drug-likeness (QED) is 0.0549. The Labute approximate surface area is 629 Å². The molecule has 0 aliphatic carbocycles. The van der Waals surface area contributed by atoms with Gasteiger partial charge in [0.05, 0.1) is 54.4 Å². The lowest BCUT2D eigenvalue weighted by Gasteiger charge is -2.23. The third kappa shape index (κ3) is 23.2. The number of aromatic nitrogens is 8. The molecule has 0 amide bonds. The Balaban J connectivity index is 0.000000202. The number of alkyl halides is 1. The van der Waals surface area contributed by atoms with Gasteiger partial charge in [-0.3, -0.25) is 19.2 Å². The predicted molar refractivity (Wildman–Crippen MR) is 400 cm³/mol. The molecule has 4 aromatic carbocycles. The molecular weight excluding hydrogens is 1780 g/mol. The average Bonchev–Trinajstić information content (AvgIpc) is 0.833. The summed E-state index contributed by atoms with van der Waals surface area (Å²) in [7, 11) is 0. The van der Waals surface area contributed by atoms with Crippen LogP contribution in [0.15, 0.2) is 123 Å². The van der Waals surface area contributed by atoms with Crippen molar-refractivity contribution < 1.29 is 19.4 Å². The Bertz CT molecular complexity index is 4210. The zero-order chi connectivity index (χ0) is 70.0. The number of carboxylic acids is 1. The number of H-pyrrole nitrogens is 3. The van der Waals surface area contributed by atoms with Crippen molar-refractivity contribution in [3.63, 3.8) is 0 Å². The number of nitrogens with one attached hydrogen (secondary N) is 3. The van der Waals surface area contributed by atoms with E-state index >= 15 is 0 Å². The fourth-order valence-corrected chi connectivity index (χ4v) is 16.7. The number of halogens is 10. The molecule has 1 aliphatic rings. The number of aliphatic carboxylic acids is 1. The normalized spacial score (nSPS) is 13.1. The van der Waals surface area contributed by atoms with Crippen LogP contribution in [0.4, 0.5) is 0 Å². The summed E-state index contributed by atoms with van der Waals surface area (Å²) in [4.78, 5) is 46.1. The van der Waals surface area contributed by atoms with E-state index in [1.165, 1.54) is 0 Å². The first-order valence-corrected chi connectivity index (χ1v) is 37.2. The number of nitriles is 2. The SMILES string of the molecule is CC(C)c1cc(C(C#N)c2c(Br)cc(COC3CCCCO3)cc2Br)nnc1Cl.CC(C)c1cc(Cc2c(Br)cc(CC#N)cc2Br)n[nH]c1=O.CC(C)c1cc(Cc2c(Br)cc(CC(=O)O)cc2Br)n[nH]c1=O.CC(C)c1cc(Cc2c(Br)cc(CCl)cc2Br)n[nH]c1=O. The number of carboxylic acid groups (broad SMARTS) is 1. The highest BCUT2D eigenvalue weighted by Crippen LogP contribution is 2.39. The van der Waals surface area contributed by atoms with Gasteiger partial charge in [0.25, 0.3) is 16.7 Å². The topological polar surface area (TPSA) is 266 Å². The van der Waals surface area contributed by atoms with Gasteiger partial charge in [0.15, 0.2) is 11.4 Å². The smallest absolute Gasteiger partial charge is 0.307 e. The van der Waals surface area contributed by atoms with Crippen molar-refractivity contribution in [2.24, 2.45) is 0 Å². The van der Waals surface area contributed by atoms with Crippen LogP contribution in [0.25, 0.3) is 0 Å². The molecule has 4 aromatic heterocycles. The number of ether oxygens (including phenoxy) is 2. The fourth-order valence-electron chi connectivity index (χ4n) is 9.77. The molecular formula is C68H68Br8Cl2N10O7. The second kappa shape index (κ2) is 38.1. The molecule has 0 spiro atoms. The summed E-state index contributed by atoms with van der Waals surface area (Å²) < 4.78 is 18.5. The Kier molecular flexibility index (Phi) is 31.8. The van der Waals surface area contributed by atoms with E-state index in [1.807, 2.05) is 116 Å². The van der Waals surface area contributed by atoms with Gasteiger partial charge in [0.2, 0.25) is 0 Å². The molecule has 17 nitrogen and oxygen atoms in total. The lowest BCUT2D eigenvalue weighted by Crippen LogP contribution is -2.22. The van der Waals surface area contributed by atoms with Crippen LogP contribution < -0.4 is 16.7 Å². The summed E-state index contributed by atoms with van der Waals surface area (Å²) in [6.45, 7) is 17.1. The van der Waals surface area contributed by atoms with E-state index in [-0.39, 0.29) is 53.1 Å². The van der Waals surface area contributed by atoms with Crippen molar-refractivity contribution in [2.75, 3.05) is 6.61 Å². The van der Waals surface area contributed by atoms with Crippen LogP contribution in [0.5, 0.6) is 0 Å². The van der Waals surface area contributed by atoms with Crippen LogP contribution in [0.2, 0.25) is 5.15 Å². The van der Waals surface area contributed by atoms with E-state index in [9.17, 15) is 24.4 Å². The molecule has 1 saturated heterocycles. The maximum absolute atomic E-state index is 11.8. The number of carbonyl (C=O) groups is 1. The third-order valence-corrected chi connectivity index (χ3v) is 21.0. The number of hydrogen-bond donors (Lipinski definition) is 4. The Morgan fingerprint density at radius 3 is 1.34 bits per heavy atom. The minimum atomic E-state index is -0.875. The fraction of sp³-hybridized carbons (Fsp3) is 0.368. The number of benzene rings is 4. The number of rotatable bonds is 19. The van der Waals surface area contributed by atoms with Gasteiger partial charge in [-0.15, -0.1) is 16.7 Å². The van der Waals surface area contributed by atoms with Crippen molar-refractivity contribution in [3.8, 4) is 12.1 Å². The minimum Gasteiger partial charge on any atom is -0.481 e. The first-order valence-electron chi connectivity index (χ1n) is 30.0. The van der Waals surface area contributed by atoms with Crippen molar-refractivity contribution >= 4 is 157 Å². The average molecular weight is 1850 g/mol. The van der Waals surface area contributed by atoms with Crippen LogP contribution >= 0.6 is 151 Å². The highest BCUT2D eigenvalue weighted by molar-refractivity contribution is 9.12. The zero-order valence-electron chi connectivity index (χ0n) is 53.0. The van der Waals surface area contributed by atoms with Gasteiger partial charge in [-0.25, -0.2) is 15.3 Å². The Hall–Kier alpha value is -4.61. The first-order chi connectivity index (χ1) is 45.0. The molecule has 27 heteroatoms. The molecule has 2 atom stereocenters. The predicted octanol–water partition coefficient (Wildman–Crippen LogP) is 18.9. The molecule has 1 aliphatic heterocycles. The molecule has 502 valence electrons. The molecule has 1 fully saturated rings. The molecule has 8 aromatic rings. The van der Waals surface area contributed by atoms with Gasteiger partial charge in [0.1, 0.15) is 5.92 Å². The first kappa shape index (κ1) is 79.4. The monoisotopic (exact) mass is 1840 g/mol. The largest absolute Gasteiger partial charge is 0.481 e. The second-order valence-corrected chi connectivity index (χ2v) is 30.9. The lowest BCUT2D eigenvalue weighted by molar-refractivity contribution is -0.168. The molecule has 0 saturated carbocycles. The van der Waals surface area contributed by atoms with Crippen molar-refractivity contribution in [3.05, 3.63) is 234 Å². The van der Waals surface area contributed by atoms with Crippen molar-refractivity contribution in [2.45, 2.75) is 155 Å². The van der Waals surface area contributed by atoms with Crippen LogP contribution in [0.1, 0.15) is 194 Å². The molecule has 2 unspecified atom stereocenters. The standard InChI is InChI=1S/C21H22Br2ClN3O2.C16H15Br2N3O.C16H16Br2N2O3.C15H15Br2ClN2O/c1-12(2)14-9-18(26-27-21(14)24)15(10-25)20-16(22)7-13(8-17(20)23)11-29-19-5-3-4-6-28-19;1-9(2)12-7-11(20-21-16(12)22)8-13-14(17)5-10(3-4-19)6-15(13)18;1-8(2)11-6-10(19-20-16(11)23)7-12-13(17)3-9(4-14(12)18)5-15(21)22;1-8(2)11-5-10(19-20-15(11)21)6-12-13(16)3-9(7-18)4-14(12)17/h7-9,12,15,19H,3-6,11H2,1-2H3;5-7,9H,3,8H2,1-2H3,(H,21,22);3-4,6,8H,5,7H2,1-2H3,(H,20,23)(H,21,22);3-5,8H,6-7H2,1-2H3,(H,20,21). The summed E-state index contributed by atoms with van der Waals surface area (Å²) in [5.74, 6) is -0.379. The zero-order valence-corrected chi connectivity index (χ0v) is 67.2. The van der Waals surface area contributed by atoms with Crippen LogP contribution in [0, 0.1) is 22.7 Å². The molecule has 0 bridgehead atoms. The molecule has 4 N–H and O–H groups in total. The van der Waals surface area contributed by atoms with Crippen LogP contribution in [0.3, 0.4) is 0 Å². The Morgan fingerprint density at radius 2 is 0.979 bits per heavy atom. The summed E-state index contributed by atoms with van der Waals surface area (Å²) in [6.07, 6.45) is 5.05. The minimum absolute atomic E-state index is 0.0358. The molecule has 9 rings (SSSR count). The van der Waals surface area contributed by atoms with E-state index in [1.54, 1.807) is 12.1 Å². The van der Waals surface area contributed by atoms with Gasteiger partial charge in [-0.2, -0.15) is 30.9 Å². The number of hydrogen-bond acceptors (Lipinski definition) is 13. The van der Waals surface area contributed by atoms with Gasteiger partial charge >= 0.3 is 5.97 Å². The summed E-state index contributed by atoms with van der Waals surface area (Å²) in [6, 6.07) is 27.3. The van der Waals surface area contributed by atoms with Gasteiger partial charge in [0, 0.05) is 89.8 Å².